The van der Waals surface area contributed by atoms with Crippen molar-refractivity contribution in [1.82, 2.24) is 9.97 Å². The first-order chi connectivity index (χ1) is 12.0. The Hall–Kier alpha value is -2.73. The fourth-order valence-electron chi connectivity index (χ4n) is 2.45. The van der Waals surface area contributed by atoms with Crippen molar-refractivity contribution in [3.63, 3.8) is 0 Å². The van der Waals surface area contributed by atoms with E-state index in [4.69, 9.17) is 0 Å². The van der Waals surface area contributed by atoms with E-state index in [0.29, 0.717) is 5.82 Å². The summed E-state index contributed by atoms with van der Waals surface area (Å²) in [5.41, 5.74) is 4.07. The van der Waals surface area contributed by atoms with Gasteiger partial charge in [-0.15, -0.1) is 0 Å². The van der Waals surface area contributed by atoms with Crippen LogP contribution < -0.4 is 10.6 Å². The van der Waals surface area contributed by atoms with Gasteiger partial charge in [0, 0.05) is 10.2 Å². The van der Waals surface area contributed by atoms with E-state index in [-0.39, 0.29) is 11.6 Å². The van der Waals surface area contributed by atoms with Gasteiger partial charge in [0.2, 0.25) is 0 Å². The van der Waals surface area contributed by atoms with E-state index in [0.717, 1.165) is 27.0 Å². The smallest absolute Gasteiger partial charge is 0.275 e. The summed E-state index contributed by atoms with van der Waals surface area (Å²) in [6, 6.07) is 13.6. The van der Waals surface area contributed by atoms with Gasteiger partial charge in [-0.25, -0.2) is 9.97 Å². The van der Waals surface area contributed by atoms with Gasteiger partial charge in [0.15, 0.2) is 0 Å². The lowest BCUT2D eigenvalue weighted by Crippen LogP contribution is -2.14. The van der Waals surface area contributed by atoms with Crippen molar-refractivity contribution in [1.29, 1.82) is 0 Å². The third kappa shape index (κ3) is 4.42. The molecule has 6 heteroatoms. The highest BCUT2D eigenvalue weighted by Gasteiger charge is 2.09. The van der Waals surface area contributed by atoms with Gasteiger partial charge in [0.05, 0.1) is 18.1 Å². The molecule has 1 amide bonds. The Balaban J connectivity index is 1.71. The van der Waals surface area contributed by atoms with E-state index < -0.39 is 0 Å². The molecule has 0 fully saturated rings. The minimum Gasteiger partial charge on any atom is -0.338 e. The predicted molar refractivity (Wildman–Crippen MR) is 103 cm³/mol. The second kappa shape index (κ2) is 7.44. The maximum Gasteiger partial charge on any atom is 0.275 e. The van der Waals surface area contributed by atoms with Crippen molar-refractivity contribution < 1.29 is 4.79 Å². The normalized spacial score (nSPS) is 10.4. The van der Waals surface area contributed by atoms with E-state index in [9.17, 15) is 4.79 Å². The van der Waals surface area contributed by atoms with Crippen molar-refractivity contribution in [3.05, 3.63) is 76.2 Å². The number of aromatic nitrogens is 2. The van der Waals surface area contributed by atoms with Crippen LogP contribution in [-0.4, -0.2) is 15.9 Å². The number of para-hydroxylation sites is 1. The highest BCUT2D eigenvalue weighted by atomic mass is 79.9. The predicted octanol–water partition coefficient (Wildman–Crippen LogP) is 4.85. The number of rotatable bonds is 4. The molecule has 0 bridgehead atoms. The summed E-state index contributed by atoms with van der Waals surface area (Å²) in [6.07, 6.45) is 2.99. The van der Waals surface area contributed by atoms with Crippen molar-refractivity contribution in [2.75, 3.05) is 10.6 Å². The van der Waals surface area contributed by atoms with E-state index in [1.807, 2.05) is 50.2 Å². The minimum absolute atomic E-state index is 0.261. The van der Waals surface area contributed by atoms with E-state index in [1.165, 1.54) is 12.4 Å². The number of aryl methyl sites for hydroxylation is 2. The maximum absolute atomic E-state index is 12.3. The molecule has 3 rings (SSSR count). The van der Waals surface area contributed by atoms with Crippen LogP contribution in [0, 0.1) is 13.8 Å². The molecule has 1 aromatic heterocycles. The molecule has 0 unspecified atom stereocenters. The Kier molecular flexibility index (Phi) is 5.09. The number of hydrogen-bond donors (Lipinski definition) is 2. The molecule has 0 saturated carbocycles. The minimum atomic E-state index is -0.287. The van der Waals surface area contributed by atoms with E-state index in [2.05, 4.69) is 42.6 Å². The Morgan fingerprint density at radius 2 is 1.72 bits per heavy atom. The number of nitrogens with one attached hydrogen (secondary N) is 2. The molecule has 126 valence electrons. The van der Waals surface area contributed by atoms with Gasteiger partial charge in [0.25, 0.3) is 5.91 Å². The third-order valence-electron chi connectivity index (χ3n) is 3.50. The molecule has 1 heterocycles. The zero-order chi connectivity index (χ0) is 17.8. The number of nitrogens with zero attached hydrogens (tertiary/aromatic N) is 2. The Bertz CT molecular complexity index is 889. The molecule has 0 aliphatic carbocycles. The van der Waals surface area contributed by atoms with Gasteiger partial charge in [-0.2, -0.15) is 0 Å². The summed E-state index contributed by atoms with van der Waals surface area (Å²) in [4.78, 5) is 20.8. The number of anilines is 3. The number of hydrogen-bond acceptors (Lipinski definition) is 4. The molecular weight excluding hydrogens is 380 g/mol. The summed E-state index contributed by atoms with van der Waals surface area (Å²) >= 11 is 3.47. The van der Waals surface area contributed by atoms with Crippen LogP contribution in [0.3, 0.4) is 0 Å². The van der Waals surface area contributed by atoms with E-state index in [1.54, 1.807) is 0 Å². The number of amides is 1. The number of benzene rings is 2. The number of carbonyl (C=O) groups is 1. The van der Waals surface area contributed by atoms with Crippen LogP contribution in [0.4, 0.5) is 17.2 Å². The van der Waals surface area contributed by atoms with Gasteiger partial charge in [-0.3, -0.25) is 4.79 Å². The second-order valence-electron chi connectivity index (χ2n) is 5.72. The molecule has 2 N–H and O–H groups in total. The first-order valence-corrected chi connectivity index (χ1v) is 8.54. The van der Waals surface area contributed by atoms with Crippen molar-refractivity contribution in [3.8, 4) is 0 Å². The standard InChI is InChI=1S/C19H17BrN4O/c1-12-7-13(2)9-14(8-12)23-19(25)17-10-22-18(11-21-17)24-16-6-4-3-5-15(16)20/h3-11H,1-2H3,(H,22,24)(H,23,25). The summed E-state index contributed by atoms with van der Waals surface area (Å²) in [6.45, 7) is 3.98. The quantitative estimate of drug-likeness (QED) is 0.661. The van der Waals surface area contributed by atoms with Crippen molar-refractivity contribution >= 4 is 39.0 Å². The summed E-state index contributed by atoms with van der Waals surface area (Å²) in [5, 5.41) is 6.00. The number of carbonyl (C=O) groups excluding carboxylic acids is 1. The molecule has 0 aliphatic rings. The molecule has 0 spiro atoms. The average Bonchev–Trinajstić information content (AvgIpc) is 2.56. The van der Waals surface area contributed by atoms with Crippen LogP contribution in [0.15, 0.2) is 59.3 Å². The largest absolute Gasteiger partial charge is 0.338 e. The molecule has 0 aliphatic heterocycles. The molecule has 0 radical (unpaired) electrons. The maximum atomic E-state index is 12.3. The first-order valence-electron chi connectivity index (χ1n) is 7.74. The third-order valence-corrected chi connectivity index (χ3v) is 4.19. The topological polar surface area (TPSA) is 66.9 Å². The lowest BCUT2D eigenvalue weighted by atomic mass is 10.1. The monoisotopic (exact) mass is 396 g/mol. The SMILES string of the molecule is Cc1cc(C)cc(NC(=O)c2cnc(Nc3ccccc3Br)cn2)c1. The van der Waals surface area contributed by atoms with Crippen molar-refractivity contribution in [2.45, 2.75) is 13.8 Å². The highest BCUT2D eigenvalue weighted by Crippen LogP contribution is 2.24. The molecule has 2 aromatic carbocycles. The summed E-state index contributed by atoms with van der Waals surface area (Å²) in [7, 11) is 0. The molecule has 25 heavy (non-hydrogen) atoms. The molecule has 0 saturated heterocycles. The molecule has 3 aromatic rings. The lowest BCUT2D eigenvalue weighted by molar-refractivity contribution is 0.102. The zero-order valence-electron chi connectivity index (χ0n) is 13.9. The van der Waals surface area contributed by atoms with E-state index >= 15 is 0 Å². The van der Waals surface area contributed by atoms with Crippen LogP contribution in [0.25, 0.3) is 0 Å². The Morgan fingerprint density at radius 3 is 2.36 bits per heavy atom. The molecular formula is C19H17BrN4O. The lowest BCUT2D eigenvalue weighted by Gasteiger charge is -2.09. The highest BCUT2D eigenvalue weighted by molar-refractivity contribution is 9.10. The van der Waals surface area contributed by atoms with Gasteiger partial charge in [-0.05, 0) is 65.2 Å². The Labute approximate surface area is 154 Å². The fourth-order valence-corrected chi connectivity index (χ4v) is 2.84. The number of halogens is 1. The van der Waals surface area contributed by atoms with Crippen LogP contribution in [0.1, 0.15) is 21.6 Å². The second-order valence-corrected chi connectivity index (χ2v) is 6.58. The Morgan fingerprint density at radius 1 is 1.00 bits per heavy atom. The summed E-state index contributed by atoms with van der Waals surface area (Å²) < 4.78 is 0.924. The zero-order valence-corrected chi connectivity index (χ0v) is 15.5. The fraction of sp³-hybridized carbons (Fsp3) is 0.105. The van der Waals surface area contributed by atoms with Crippen LogP contribution in [-0.2, 0) is 0 Å². The molecule has 0 atom stereocenters. The van der Waals surface area contributed by atoms with Crippen LogP contribution >= 0.6 is 15.9 Å². The van der Waals surface area contributed by atoms with Gasteiger partial charge < -0.3 is 10.6 Å². The first kappa shape index (κ1) is 17.1. The average molecular weight is 397 g/mol. The molecule has 5 nitrogen and oxygen atoms in total. The van der Waals surface area contributed by atoms with Crippen LogP contribution in [0.2, 0.25) is 0 Å². The van der Waals surface area contributed by atoms with Gasteiger partial charge in [-0.1, -0.05) is 18.2 Å². The van der Waals surface area contributed by atoms with Gasteiger partial charge in [0.1, 0.15) is 11.5 Å². The summed E-state index contributed by atoms with van der Waals surface area (Å²) in [5.74, 6) is 0.278. The van der Waals surface area contributed by atoms with Crippen molar-refractivity contribution in [2.24, 2.45) is 0 Å². The van der Waals surface area contributed by atoms with Gasteiger partial charge >= 0.3 is 0 Å². The van der Waals surface area contributed by atoms with Crippen LogP contribution in [0.5, 0.6) is 0 Å².